The second-order valence-electron chi connectivity index (χ2n) is 5.20. The molecule has 0 spiro atoms. The Morgan fingerprint density at radius 1 is 1.46 bits per heavy atom. The second-order valence-corrected chi connectivity index (χ2v) is 6.54. The molecule has 1 aliphatic heterocycles. The number of likely N-dealkylation sites (N-methyl/N-ethyl adjacent to an activating group) is 1. The maximum atomic E-state index is 13.6. The molecule has 0 saturated heterocycles. The van der Waals surface area contributed by atoms with Crippen LogP contribution in [0.5, 0.6) is 0 Å². The smallest absolute Gasteiger partial charge is 0.147 e. The number of allylic oxidation sites excluding steroid dienone is 4. The van der Waals surface area contributed by atoms with Crippen molar-refractivity contribution < 1.29 is 4.39 Å². The van der Waals surface area contributed by atoms with Crippen LogP contribution in [0.2, 0.25) is 0 Å². The minimum absolute atomic E-state index is 0.0682. The molecule has 4 N–H and O–H groups in total. The Balaban J connectivity index is 2.68. The first-order valence-electron chi connectivity index (χ1n) is 7.21. The van der Waals surface area contributed by atoms with Crippen molar-refractivity contribution in [3.8, 4) is 0 Å². The van der Waals surface area contributed by atoms with Crippen LogP contribution in [0, 0.1) is 5.82 Å². The number of nitrogen functional groups attached to an aromatic ring is 1. The van der Waals surface area contributed by atoms with E-state index in [1.807, 2.05) is 17.9 Å². The average Bonchev–Trinajstić information content (AvgIpc) is 2.51. The summed E-state index contributed by atoms with van der Waals surface area (Å²) in [6, 6.07) is 2.92. The molecule has 0 fully saturated rings. The van der Waals surface area contributed by atoms with Crippen LogP contribution in [0.3, 0.4) is 0 Å². The van der Waals surface area contributed by atoms with Crippen LogP contribution in [-0.2, 0) is 0 Å². The number of nitrogens with two attached hydrogens (primary N) is 2. The van der Waals surface area contributed by atoms with Crippen molar-refractivity contribution in [1.29, 1.82) is 0 Å². The normalized spacial score (nSPS) is 18.2. The topological polar surface area (TPSA) is 55.3 Å². The molecule has 1 heterocycles. The van der Waals surface area contributed by atoms with Gasteiger partial charge in [-0.1, -0.05) is 40.7 Å². The summed E-state index contributed by atoms with van der Waals surface area (Å²) in [7, 11) is 0. The lowest BCUT2D eigenvalue weighted by atomic mass is 9.93. The number of anilines is 1. The van der Waals surface area contributed by atoms with Gasteiger partial charge in [-0.25, -0.2) is 4.39 Å². The first kappa shape index (κ1) is 18.4. The Labute approximate surface area is 154 Å². The van der Waals surface area contributed by atoms with E-state index in [1.165, 1.54) is 12.3 Å². The Bertz CT molecular complexity index is 809. The van der Waals surface area contributed by atoms with Gasteiger partial charge in [0, 0.05) is 44.7 Å². The number of hydrogen-bond acceptors (Lipinski definition) is 3. The van der Waals surface area contributed by atoms with Crippen LogP contribution in [0.15, 0.2) is 70.1 Å². The van der Waals surface area contributed by atoms with Gasteiger partial charge >= 0.3 is 0 Å². The Morgan fingerprint density at radius 3 is 2.67 bits per heavy atom. The lowest BCUT2D eigenvalue weighted by molar-refractivity contribution is 0.474. The zero-order valence-corrected chi connectivity index (χ0v) is 15.6. The molecule has 1 aliphatic rings. The standard InChI is InChI=1S/C18H18BrClFN3/c1-4-24-11(3)13(6-12(9-22)18(24)5-10(2)20)14-7-17(23)16(21)8-15(14)19/h5-9H,2-4,22-23H2,1H3/b12-9-,18-5+. The molecule has 0 atom stereocenters. The molecule has 3 nitrogen and oxygen atoms in total. The molecule has 6 heteroatoms. The van der Waals surface area contributed by atoms with E-state index in [-0.39, 0.29) is 5.69 Å². The van der Waals surface area contributed by atoms with E-state index >= 15 is 0 Å². The van der Waals surface area contributed by atoms with Gasteiger partial charge in [0.15, 0.2) is 0 Å². The van der Waals surface area contributed by atoms with Gasteiger partial charge in [0.2, 0.25) is 0 Å². The van der Waals surface area contributed by atoms with Crippen molar-refractivity contribution in [2.45, 2.75) is 6.92 Å². The van der Waals surface area contributed by atoms with E-state index in [2.05, 4.69) is 29.1 Å². The Hall–Kier alpha value is -1.98. The minimum Gasteiger partial charge on any atom is -0.404 e. The highest BCUT2D eigenvalue weighted by Crippen LogP contribution is 2.40. The zero-order valence-electron chi connectivity index (χ0n) is 13.2. The maximum Gasteiger partial charge on any atom is 0.147 e. The quantitative estimate of drug-likeness (QED) is 0.698. The van der Waals surface area contributed by atoms with Gasteiger partial charge < -0.3 is 16.4 Å². The van der Waals surface area contributed by atoms with Crippen molar-refractivity contribution in [1.82, 2.24) is 4.90 Å². The first-order chi connectivity index (χ1) is 11.3. The van der Waals surface area contributed by atoms with E-state index in [9.17, 15) is 4.39 Å². The minimum atomic E-state index is -0.478. The summed E-state index contributed by atoms with van der Waals surface area (Å²) in [6.07, 6.45) is 5.09. The molecule has 0 aliphatic carbocycles. The van der Waals surface area contributed by atoms with E-state index < -0.39 is 5.82 Å². The van der Waals surface area contributed by atoms with Crippen LogP contribution in [-0.4, -0.2) is 11.4 Å². The van der Waals surface area contributed by atoms with Crippen LogP contribution in [0.1, 0.15) is 12.5 Å². The summed E-state index contributed by atoms with van der Waals surface area (Å²) in [6.45, 7) is 10.5. The summed E-state index contributed by atoms with van der Waals surface area (Å²) in [5.41, 5.74) is 15.4. The van der Waals surface area contributed by atoms with Gasteiger partial charge in [-0.3, -0.25) is 0 Å². The number of halogens is 3. The molecule has 1 aromatic carbocycles. The third-order valence-corrected chi connectivity index (χ3v) is 4.45. The number of benzene rings is 1. The van der Waals surface area contributed by atoms with Crippen LogP contribution >= 0.6 is 27.5 Å². The van der Waals surface area contributed by atoms with Crippen LogP contribution in [0.25, 0.3) is 5.57 Å². The fourth-order valence-electron chi connectivity index (χ4n) is 2.57. The summed E-state index contributed by atoms with van der Waals surface area (Å²) < 4.78 is 14.2. The monoisotopic (exact) mass is 409 g/mol. The van der Waals surface area contributed by atoms with E-state index in [0.717, 1.165) is 28.1 Å². The molecule has 0 unspecified atom stereocenters. The van der Waals surface area contributed by atoms with Crippen molar-refractivity contribution in [2.24, 2.45) is 5.73 Å². The molecule has 1 aromatic rings. The van der Waals surface area contributed by atoms with Gasteiger partial charge in [-0.15, -0.1) is 0 Å². The summed E-state index contributed by atoms with van der Waals surface area (Å²) in [4.78, 5) is 1.97. The number of hydrogen-bond donors (Lipinski definition) is 2. The van der Waals surface area contributed by atoms with Crippen molar-refractivity contribution in [3.05, 3.63) is 81.5 Å². The predicted molar refractivity (Wildman–Crippen MR) is 103 cm³/mol. The van der Waals surface area contributed by atoms with Gasteiger partial charge in [0.25, 0.3) is 0 Å². The van der Waals surface area contributed by atoms with E-state index in [1.54, 1.807) is 12.1 Å². The second kappa shape index (κ2) is 7.28. The lowest BCUT2D eigenvalue weighted by Gasteiger charge is -2.34. The fourth-order valence-corrected chi connectivity index (χ4v) is 3.20. The largest absolute Gasteiger partial charge is 0.404 e. The maximum absolute atomic E-state index is 13.6. The number of nitrogens with zero attached hydrogens (tertiary/aromatic N) is 1. The molecule has 0 bridgehead atoms. The summed E-state index contributed by atoms with van der Waals surface area (Å²) in [5.74, 6) is -0.478. The van der Waals surface area contributed by atoms with Crippen molar-refractivity contribution in [3.63, 3.8) is 0 Å². The molecular formula is C18H18BrClFN3. The van der Waals surface area contributed by atoms with E-state index in [0.29, 0.717) is 16.0 Å². The molecule has 126 valence electrons. The van der Waals surface area contributed by atoms with Crippen molar-refractivity contribution >= 4 is 38.8 Å². The number of rotatable bonds is 3. The van der Waals surface area contributed by atoms with Gasteiger partial charge in [0.05, 0.1) is 11.4 Å². The molecule has 2 rings (SSSR count). The highest BCUT2D eigenvalue weighted by Gasteiger charge is 2.25. The third-order valence-electron chi connectivity index (χ3n) is 3.69. The molecule has 0 saturated carbocycles. The predicted octanol–water partition coefficient (Wildman–Crippen LogP) is 4.88. The zero-order chi connectivity index (χ0) is 18.0. The fraction of sp³-hybridized carbons (Fsp3) is 0.111. The molecule has 24 heavy (non-hydrogen) atoms. The van der Waals surface area contributed by atoms with Gasteiger partial charge in [-0.2, -0.15) is 0 Å². The Kier molecular flexibility index (Phi) is 5.57. The molecular weight excluding hydrogens is 393 g/mol. The summed E-state index contributed by atoms with van der Waals surface area (Å²) >= 11 is 9.33. The highest BCUT2D eigenvalue weighted by molar-refractivity contribution is 9.10. The van der Waals surface area contributed by atoms with Crippen LogP contribution in [0.4, 0.5) is 10.1 Å². The molecule has 0 aromatic heterocycles. The first-order valence-corrected chi connectivity index (χ1v) is 8.39. The van der Waals surface area contributed by atoms with Gasteiger partial charge in [-0.05, 0) is 31.2 Å². The average molecular weight is 411 g/mol. The third kappa shape index (κ3) is 3.42. The van der Waals surface area contributed by atoms with Crippen molar-refractivity contribution in [2.75, 3.05) is 12.3 Å². The van der Waals surface area contributed by atoms with Gasteiger partial charge in [0.1, 0.15) is 5.82 Å². The van der Waals surface area contributed by atoms with E-state index in [4.69, 9.17) is 23.1 Å². The van der Waals surface area contributed by atoms with Crippen LogP contribution < -0.4 is 11.5 Å². The molecule has 0 radical (unpaired) electrons. The summed E-state index contributed by atoms with van der Waals surface area (Å²) in [5, 5.41) is 0.389. The SMILES string of the molecule is C=C(Cl)/C=C1\C(=C/N)C=C(c2cc(N)c(F)cc2Br)C(=C)N1CC. The molecule has 0 amide bonds. The highest BCUT2D eigenvalue weighted by atomic mass is 79.9. The Morgan fingerprint density at radius 2 is 2.12 bits per heavy atom. The lowest BCUT2D eigenvalue weighted by Crippen LogP contribution is -2.27.